The lowest BCUT2D eigenvalue weighted by atomic mass is 10.1. The van der Waals surface area contributed by atoms with Crippen molar-refractivity contribution in [2.75, 3.05) is 14.2 Å². The molecule has 1 atom stereocenters. The van der Waals surface area contributed by atoms with Crippen LogP contribution in [0.5, 0.6) is 11.5 Å². The molecule has 0 aliphatic rings. The van der Waals surface area contributed by atoms with Gasteiger partial charge in [0.2, 0.25) is 0 Å². The molecular weight excluding hydrogens is 468 g/mol. The van der Waals surface area contributed by atoms with E-state index in [1.165, 1.54) is 37.2 Å². The van der Waals surface area contributed by atoms with Crippen molar-refractivity contribution in [2.45, 2.75) is 26.2 Å². The van der Waals surface area contributed by atoms with Crippen molar-refractivity contribution in [3.63, 3.8) is 0 Å². The Balaban J connectivity index is 2.24. The molecule has 0 aliphatic heterocycles. The highest BCUT2D eigenvalue weighted by molar-refractivity contribution is 9.10. The number of nitro groups is 1. The average molecular weight is 489 g/mol. The molecule has 0 radical (unpaired) electrons. The molecular formula is C21H21BrN4O5. The molecule has 1 heterocycles. The second-order valence-electron chi connectivity index (χ2n) is 6.83. The van der Waals surface area contributed by atoms with Gasteiger partial charge < -0.3 is 9.47 Å². The topological polar surface area (TPSA) is 109 Å². The first kappa shape index (κ1) is 22.4. The maximum Gasteiger partial charge on any atom is 0.282 e. The zero-order valence-electron chi connectivity index (χ0n) is 17.5. The van der Waals surface area contributed by atoms with Crippen LogP contribution in [-0.4, -0.2) is 35.0 Å². The maximum absolute atomic E-state index is 13.2. The molecule has 10 heteroatoms. The number of rotatable bonds is 7. The van der Waals surface area contributed by atoms with Crippen molar-refractivity contribution in [1.29, 1.82) is 0 Å². The number of fused-ring (bicyclic) bond motifs is 1. The number of methoxy groups -OCH3 is 2. The molecule has 0 aliphatic carbocycles. The second-order valence-corrected chi connectivity index (χ2v) is 7.74. The van der Waals surface area contributed by atoms with Gasteiger partial charge in [0, 0.05) is 10.4 Å². The van der Waals surface area contributed by atoms with Gasteiger partial charge in [0.1, 0.15) is 5.82 Å². The van der Waals surface area contributed by atoms with E-state index in [0.717, 1.165) is 10.9 Å². The van der Waals surface area contributed by atoms with Crippen LogP contribution in [0.1, 0.15) is 37.6 Å². The summed E-state index contributed by atoms with van der Waals surface area (Å²) in [7, 11) is 2.83. The van der Waals surface area contributed by atoms with Crippen molar-refractivity contribution in [3.8, 4) is 11.5 Å². The molecule has 0 bridgehead atoms. The van der Waals surface area contributed by atoms with Crippen molar-refractivity contribution in [2.24, 2.45) is 5.10 Å². The Hall–Kier alpha value is -3.27. The first-order valence-corrected chi connectivity index (χ1v) is 10.3. The van der Waals surface area contributed by atoms with Gasteiger partial charge >= 0.3 is 0 Å². The van der Waals surface area contributed by atoms with Crippen LogP contribution in [-0.2, 0) is 0 Å². The number of aromatic nitrogens is 2. The predicted octanol–water partition coefficient (Wildman–Crippen LogP) is 4.48. The van der Waals surface area contributed by atoms with E-state index in [-0.39, 0.29) is 28.5 Å². The van der Waals surface area contributed by atoms with E-state index in [1.807, 2.05) is 19.9 Å². The van der Waals surface area contributed by atoms with Gasteiger partial charge in [-0.25, -0.2) is 4.98 Å². The normalized spacial score (nSPS) is 12.3. The molecule has 9 nitrogen and oxygen atoms in total. The lowest BCUT2D eigenvalue weighted by molar-refractivity contribution is -0.385. The van der Waals surface area contributed by atoms with E-state index in [1.54, 1.807) is 12.1 Å². The van der Waals surface area contributed by atoms with Gasteiger partial charge in [-0.15, -0.1) is 0 Å². The Morgan fingerprint density at radius 3 is 2.55 bits per heavy atom. The minimum absolute atomic E-state index is 0.0571. The van der Waals surface area contributed by atoms with Crippen LogP contribution in [0.4, 0.5) is 5.69 Å². The smallest absolute Gasteiger partial charge is 0.282 e. The van der Waals surface area contributed by atoms with Crippen molar-refractivity contribution in [1.82, 2.24) is 9.66 Å². The molecule has 0 saturated carbocycles. The standard InChI is InChI=1S/C21H21BrN4O5/c1-5-12(2)20-24-16-7-6-14(22)9-15(16)21(27)25(20)23-11-13-8-18(30-3)19(31-4)10-17(13)26(28)29/h6-12H,5H2,1-4H3/t12-/m0/s1. The third kappa shape index (κ3) is 4.43. The molecule has 31 heavy (non-hydrogen) atoms. The van der Waals surface area contributed by atoms with Crippen LogP contribution in [0, 0.1) is 10.1 Å². The zero-order valence-corrected chi connectivity index (χ0v) is 19.0. The Morgan fingerprint density at radius 1 is 1.26 bits per heavy atom. The summed E-state index contributed by atoms with van der Waals surface area (Å²) in [5, 5.41) is 16.3. The minimum atomic E-state index is -0.544. The fraction of sp³-hybridized carbons (Fsp3) is 0.286. The molecule has 0 N–H and O–H groups in total. The van der Waals surface area contributed by atoms with Crippen LogP contribution >= 0.6 is 15.9 Å². The highest BCUT2D eigenvalue weighted by Crippen LogP contribution is 2.33. The molecule has 3 aromatic rings. The number of benzene rings is 2. The van der Waals surface area contributed by atoms with Gasteiger partial charge in [-0.2, -0.15) is 9.78 Å². The molecule has 162 valence electrons. The highest BCUT2D eigenvalue weighted by atomic mass is 79.9. The van der Waals surface area contributed by atoms with Gasteiger partial charge in [0.15, 0.2) is 11.5 Å². The van der Waals surface area contributed by atoms with Crippen LogP contribution in [0.2, 0.25) is 0 Å². The lowest BCUT2D eigenvalue weighted by Crippen LogP contribution is -2.23. The number of nitrogens with zero attached hydrogens (tertiary/aromatic N) is 4. The molecule has 0 fully saturated rings. The van der Waals surface area contributed by atoms with E-state index in [9.17, 15) is 14.9 Å². The van der Waals surface area contributed by atoms with E-state index in [2.05, 4.69) is 26.0 Å². The van der Waals surface area contributed by atoms with Gasteiger partial charge in [-0.1, -0.05) is 29.8 Å². The molecule has 3 rings (SSSR count). The first-order chi connectivity index (χ1) is 14.8. The quantitative estimate of drug-likeness (QED) is 0.275. The zero-order chi connectivity index (χ0) is 22.7. The van der Waals surface area contributed by atoms with E-state index in [4.69, 9.17) is 9.47 Å². The van der Waals surface area contributed by atoms with Crippen LogP contribution in [0.15, 0.2) is 44.7 Å². The highest BCUT2D eigenvalue weighted by Gasteiger charge is 2.20. The number of hydrogen-bond donors (Lipinski definition) is 0. The summed E-state index contributed by atoms with van der Waals surface area (Å²) in [6, 6.07) is 7.96. The monoisotopic (exact) mass is 488 g/mol. The molecule has 0 spiro atoms. The first-order valence-electron chi connectivity index (χ1n) is 9.47. The Morgan fingerprint density at radius 2 is 1.94 bits per heavy atom. The molecule has 0 saturated heterocycles. The Kier molecular flexibility index (Phi) is 6.69. The third-order valence-corrected chi connectivity index (χ3v) is 5.42. The van der Waals surface area contributed by atoms with E-state index >= 15 is 0 Å². The third-order valence-electron chi connectivity index (χ3n) is 4.93. The fourth-order valence-electron chi connectivity index (χ4n) is 3.04. The summed E-state index contributed by atoms with van der Waals surface area (Å²) in [6.45, 7) is 3.92. The maximum atomic E-state index is 13.2. The fourth-order valence-corrected chi connectivity index (χ4v) is 3.41. The van der Waals surface area contributed by atoms with Crippen molar-refractivity contribution in [3.05, 3.63) is 66.7 Å². The van der Waals surface area contributed by atoms with Crippen LogP contribution in [0.25, 0.3) is 10.9 Å². The Labute approximate surface area is 186 Å². The number of hydrogen-bond acceptors (Lipinski definition) is 7. The second kappa shape index (κ2) is 9.25. The SMILES string of the molecule is CC[C@H](C)c1nc2ccc(Br)cc2c(=O)n1N=Cc1cc(OC)c(OC)cc1[N+](=O)[O-]. The van der Waals surface area contributed by atoms with Crippen LogP contribution in [0.3, 0.4) is 0 Å². The minimum Gasteiger partial charge on any atom is -0.493 e. The summed E-state index contributed by atoms with van der Waals surface area (Å²) in [5.74, 6) is 0.950. The predicted molar refractivity (Wildman–Crippen MR) is 122 cm³/mol. The number of nitro benzene ring substituents is 1. The molecule has 1 aromatic heterocycles. The molecule has 0 amide bonds. The number of halogens is 1. The summed E-state index contributed by atoms with van der Waals surface area (Å²) in [6.07, 6.45) is 2.00. The van der Waals surface area contributed by atoms with Crippen molar-refractivity contribution < 1.29 is 14.4 Å². The number of ether oxygens (including phenoxy) is 2. The average Bonchev–Trinajstić information content (AvgIpc) is 2.77. The van der Waals surface area contributed by atoms with Gasteiger partial charge in [0.25, 0.3) is 11.2 Å². The molecule has 0 unspecified atom stereocenters. The Bertz CT molecular complexity index is 1240. The summed E-state index contributed by atoms with van der Waals surface area (Å²) in [4.78, 5) is 28.8. The van der Waals surface area contributed by atoms with Gasteiger partial charge in [0.05, 0.1) is 47.9 Å². The summed E-state index contributed by atoms with van der Waals surface area (Å²) >= 11 is 3.37. The van der Waals surface area contributed by atoms with E-state index < -0.39 is 4.92 Å². The van der Waals surface area contributed by atoms with Gasteiger partial charge in [-0.05, 0) is 30.7 Å². The summed E-state index contributed by atoms with van der Waals surface area (Å²) in [5.41, 5.74) is 0.142. The van der Waals surface area contributed by atoms with Gasteiger partial charge in [-0.3, -0.25) is 14.9 Å². The summed E-state index contributed by atoms with van der Waals surface area (Å²) < 4.78 is 12.3. The van der Waals surface area contributed by atoms with Crippen LogP contribution < -0.4 is 15.0 Å². The lowest BCUT2D eigenvalue weighted by Gasteiger charge is -2.14. The largest absolute Gasteiger partial charge is 0.493 e. The van der Waals surface area contributed by atoms with Crippen molar-refractivity contribution >= 4 is 38.7 Å². The van der Waals surface area contributed by atoms with E-state index in [0.29, 0.717) is 22.5 Å². The molecule has 2 aromatic carbocycles.